The van der Waals surface area contributed by atoms with Crippen LogP contribution in [0.1, 0.15) is 17.2 Å². The van der Waals surface area contributed by atoms with E-state index in [1.807, 2.05) is 66.7 Å². The van der Waals surface area contributed by atoms with Crippen molar-refractivity contribution in [2.45, 2.75) is 6.04 Å². The number of hydrogen-bond donors (Lipinski definition) is 2. The molecule has 0 unspecified atom stereocenters. The molecule has 0 aliphatic carbocycles. The summed E-state index contributed by atoms with van der Waals surface area (Å²) in [6, 6.07) is 20.5. The molecule has 0 bridgehead atoms. The van der Waals surface area contributed by atoms with Crippen molar-refractivity contribution in [2.75, 3.05) is 11.9 Å². The Balaban J connectivity index is 1.77. The standard InChI is InChI=1S/C24H19N3O2/c1-2-16-29-19-11-8-18(9-12-19)22(27-21-7-3-4-14-25-21)20-13-10-17-6-5-15-26-23(17)24(20)28/h1,3-15,22,28H,16H2,(H,25,27)/t22-/m1/s1. The number of nitrogens with one attached hydrogen (secondary N) is 1. The molecule has 0 aliphatic heterocycles. The summed E-state index contributed by atoms with van der Waals surface area (Å²) >= 11 is 0. The molecular formula is C24H19N3O2. The van der Waals surface area contributed by atoms with Crippen LogP contribution in [0.2, 0.25) is 0 Å². The molecule has 5 nitrogen and oxygen atoms in total. The van der Waals surface area contributed by atoms with Gasteiger partial charge in [0.05, 0.1) is 6.04 Å². The first kappa shape index (κ1) is 18.3. The van der Waals surface area contributed by atoms with Gasteiger partial charge in [-0.1, -0.05) is 42.3 Å². The number of terminal acetylenes is 1. The van der Waals surface area contributed by atoms with E-state index in [4.69, 9.17) is 11.2 Å². The van der Waals surface area contributed by atoms with Gasteiger partial charge in [-0.25, -0.2) is 4.98 Å². The number of ether oxygens (including phenoxy) is 1. The number of aromatic hydroxyl groups is 1. The van der Waals surface area contributed by atoms with Crippen molar-refractivity contribution in [1.29, 1.82) is 0 Å². The van der Waals surface area contributed by atoms with Gasteiger partial charge in [0, 0.05) is 23.3 Å². The molecule has 0 fully saturated rings. The second-order valence-electron chi connectivity index (χ2n) is 6.43. The van der Waals surface area contributed by atoms with Crippen molar-refractivity contribution in [1.82, 2.24) is 9.97 Å². The summed E-state index contributed by atoms with van der Waals surface area (Å²) in [6.45, 7) is 0.214. The molecule has 142 valence electrons. The average Bonchev–Trinajstić information content (AvgIpc) is 2.78. The van der Waals surface area contributed by atoms with Crippen LogP contribution in [-0.2, 0) is 0 Å². The van der Waals surface area contributed by atoms with Crippen LogP contribution in [0, 0.1) is 12.3 Å². The Labute approximate surface area is 169 Å². The highest BCUT2D eigenvalue weighted by Gasteiger charge is 2.20. The van der Waals surface area contributed by atoms with Gasteiger partial charge in [0.15, 0.2) is 0 Å². The number of rotatable bonds is 6. The molecule has 4 aromatic rings. The summed E-state index contributed by atoms with van der Waals surface area (Å²) < 4.78 is 5.47. The molecule has 4 rings (SSSR count). The van der Waals surface area contributed by atoms with Gasteiger partial charge in [-0.05, 0) is 35.9 Å². The summed E-state index contributed by atoms with van der Waals surface area (Å²) in [4.78, 5) is 8.70. The first-order valence-corrected chi connectivity index (χ1v) is 9.16. The zero-order valence-corrected chi connectivity index (χ0v) is 15.6. The summed E-state index contributed by atoms with van der Waals surface area (Å²) in [7, 11) is 0. The fourth-order valence-electron chi connectivity index (χ4n) is 3.20. The number of hydrogen-bond acceptors (Lipinski definition) is 5. The number of anilines is 1. The number of pyridine rings is 2. The molecule has 0 saturated carbocycles. The third-order valence-electron chi connectivity index (χ3n) is 4.58. The highest BCUT2D eigenvalue weighted by Crippen LogP contribution is 2.36. The van der Waals surface area contributed by atoms with Crippen LogP contribution in [-0.4, -0.2) is 21.7 Å². The minimum atomic E-state index is -0.335. The average molecular weight is 381 g/mol. The minimum absolute atomic E-state index is 0.143. The number of fused-ring (bicyclic) bond motifs is 1. The van der Waals surface area contributed by atoms with Crippen molar-refractivity contribution in [3.05, 3.63) is 90.3 Å². The van der Waals surface area contributed by atoms with Crippen LogP contribution in [0.25, 0.3) is 10.9 Å². The summed E-state index contributed by atoms with van der Waals surface area (Å²) in [5.41, 5.74) is 2.21. The predicted molar refractivity (Wildman–Crippen MR) is 114 cm³/mol. The van der Waals surface area contributed by atoms with Gasteiger partial charge in [0.1, 0.15) is 29.4 Å². The quantitative estimate of drug-likeness (QED) is 0.480. The van der Waals surface area contributed by atoms with E-state index < -0.39 is 0 Å². The Bertz CT molecular complexity index is 1150. The fraction of sp³-hybridized carbons (Fsp3) is 0.0833. The normalized spacial score (nSPS) is 11.6. The molecule has 0 amide bonds. The SMILES string of the molecule is C#CCOc1ccc([C@@H](Nc2ccccn2)c2ccc3cccnc3c2O)cc1. The van der Waals surface area contributed by atoms with E-state index in [0.717, 1.165) is 10.9 Å². The highest BCUT2D eigenvalue weighted by molar-refractivity contribution is 5.86. The predicted octanol–water partition coefficient (Wildman–Crippen LogP) is 4.55. The van der Waals surface area contributed by atoms with Crippen LogP contribution < -0.4 is 10.1 Å². The van der Waals surface area contributed by atoms with Crippen molar-refractivity contribution in [3.63, 3.8) is 0 Å². The fourth-order valence-corrected chi connectivity index (χ4v) is 3.20. The minimum Gasteiger partial charge on any atom is -0.505 e. The molecule has 0 saturated heterocycles. The largest absolute Gasteiger partial charge is 0.505 e. The monoisotopic (exact) mass is 381 g/mol. The summed E-state index contributed by atoms with van der Waals surface area (Å²) in [5, 5.41) is 15.2. The van der Waals surface area contributed by atoms with E-state index in [9.17, 15) is 5.11 Å². The van der Waals surface area contributed by atoms with Gasteiger partial charge in [-0.3, -0.25) is 4.98 Å². The third kappa shape index (κ3) is 3.97. The van der Waals surface area contributed by atoms with Crippen LogP contribution >= 0.6 is 0 Å². The second-order valence-corrected chi connectivity index (χ2v) is 6.43. The number of nitrogens with zero attached hydrogens (tertiary/aromatic N) is 2. The van der Waals surface area contributed by atoms with Gasteiger partial charge in [0.2, 0.25) is 0 Å². The van der Waals surface area contributed by atoms with Crippen molar-refractivity contribution >= 4 is 16.7 Å². The lowest BCUT2D eigenvalue weighted by atomic mass is 9.96. The first-order valence-electron chi connectivity index (χ1n) is 9.16. The molecular weight excluding hydrogens is 362 g/mol. The maximum Gasteiger partial charge on any atom is 0.148 e. The topological polar surface area (TPSA) is 67.3 Å². The number of benzene rings is 2. The Morgan fingerprint density at radius 3 is 2.55 bits per heavy atom. The van der Waals surface area contributed by atoms with Crippen molar-refractivity contribution in [3.8, 4) is 23.8 Å². The number of phenolic OH excluding ortho intramolecular Hbond substituents is 1. The molecule has 1 atom stereocenters. The van der Waals surface area contributed by atoms with E-state index in [-0.39, 0.29) is 18.4 Å². The van der Waals surface area contributed by atoms with Crippen LogP contribution in [0.3, 0.4) is 0 Å². The molecule has 2 aromatic heterocycles. The smallest absolute Gasteiger partial charge is 0.148 e. The third-order valence-corrected chi connectivity index (χ3v) is 4.58. The van der Waals surface area contributed by atoms with Crippen molar-refractivity contribution < 1.29 is 9.84 Å². The van der Waals surface area contributed by atoms with Gasteiger partial charge >= 0.3 is 0 Å². The van der Waals surface area contributed by atoms with E-state index in [1.54, 1.807) is 12.4 Å². The maximum absolute atomic E-state index is 11.0. The van der Waals surface area contributed by atoms with E-state index >= 15 is 0 Å². The second kappa shape index (κ2) is 8.32. The number of aromatic nitrogens is 2. The molecule has 2 N–H and O–H groups in total. The van der Waals surface area contributed by atoms with Crippen LogP contribution in [0.5, 0.6) is 11.5 Å². The van der Waals surface area contributed by atoms with E-state index in [1.165, 1.54) is 0 Å². The molecule has 0 spiro atoms. The van der Waals surface area contributed by atoms with Gasteiger partial charge in [0.25, 0.3) is 0 Å². The van der Waals surface area contributed by atoms with Gasteiger partial charge in [-0.15, -0.1) is 6.42 Å². The lowest BCUT2D eigenvalue weighted by molar-refractivity contribution is 0.370. The van der Waals surface area contributed by atoms with Crippen LogP contribution in [0.4, 0.5) is 5.82 Å². The zero-order valence-electron chi connectivity index (χ0n) is 15.6. The lowest BCUT2D eigenvalue weighted by Gasteiger charge is -2.22. The van der Waals surface area contributed by atoms with Crippen molar-refractivity contribution in [2.24, 2.45) is 0 Å². The Kier molecular flexibility index (Phi) is 5.26. The van der Waals surface area contributed by atoms with E-state index in [2.05, 4.69) is 21.2 Å². The molecule has 2 heterocycles. The van der Waals surface area contributed by atoms with Gasteiger partial charge < -0.3 is 15.2 Å². The molecule has 0 radical (unpaired) electrons. The zero-order chi connectivity index (χ0) is 20.1. The lowest BCUT2D eigenvalue weighted by Crippen LogP contribution is -2.13. The molecule has 2 aromatic carbocycles. The summed E-state index contributed by atoms with van der Waals surface area (Å²) in [6.07, 6.45) is 8.64. The van der Waals surface area contributed by atoms with E-state index in [0.29, 0.717) is 22.6 Å². The Morgan fingerprint density at radius 2 is 1.79 bits per heavy atom. The first-order chi connectivity index (χ1) is 14.3. The number of phenols is 1. The van der Waals surface area contributed by atoms with Gasteiger partial charge in [-0.2, -0.15) is 0 Å². The molecule has 0 aliphatic rings. The maximum atomic E-state index is 11.0. The molecule has 5 heteroatoms. The highest BCUT2D eigenvalue weighted by atomic mass is 16.5. The Morgan fingerprint density at radius 1 is 0.966 bits per heavy atom. The van der Waals surface area contributed by atoms with Crippen LogP contribution in [0.15, 0.2) is 79.1 Å². The summed E-state index contributed by atoms with van der Waals surface area (Å²) in [5.74, 6) is 3.98. The molecule has 29 heavy (non-hydrogen) atoms. The Hall–Kier alpha value is -4.04.